The standard InChI is InChI=1S/C10H12Br2N2.C4H11N/c1-4-10(3,7-13)9(8(2)12)14-6-5-11;1-3-5-4-2/h5-6H,2,4H2,1,3H3;5H,3-4H2,1-2H3/b6-5+,14-9?;. The van der Waals surface area contributed by atoms with E-state index in [-0.39, 0.29) is 0 Å². The molecule has 1 atom stereocenters. The van der Waals surface area contributed by atoms with E-state index in [2.05, 4.69) is 68.7 Å². The van der Waals surface area contributed by atoms with E-state index in [0.717, 1.165) is 13.1 Å². The number of rotatable bonds is 6. The molecule has 0 spiro atoms. The Balaban J connectivity index is 0. The molecule has 0 bridgehead atoms. The van der Waals surface area contributed by atoms with E-state index >= 15 is 0 Å². The maximum atomic E-state index is 9.08. The lowest BCUT2D eigenvalue weighted by molar-refractivity contribution is 0.590. The van der Waals surface area contributed by atoms with Crippen LogP contribution >= 0.6 is 31.9 Å². The lowest BCUT2D eigenvalue weighted by Crippen LogP contribution is -2.25. The minimum absolute atomic E-state index is 0.590. The smallest absolute Gasteiger partial charge is 0.0973 e. The highest BCUT2D eigenvalue weighted by Crippen LogP contribution is 2.28. The van der Waals surface area contributed by atoms with Crippen LogP contribution in [0.2, 0.25) is 0 Å². The summed E-state index contributed by atoms with van der Waals surface area (Å²) in [5, 5.41) is 12.2. The van der Waals surface area contributed by atoms with Crippen molar-refractivity contribution in [3.05, 3.63) is 22.2 Å². The number of hydrogen-bond donors (Lipinski definition) is 1. The number of nitrogens with one attached hydrogen (secondary N) is 1. The van der Waals surface area contributed by atoms with Crippen LogP contribution in [-0.2, 0) is 0 Å². The third kappa shape index (κ3) is 9.15. The fourth-order valence-corrected chi connectivity index (χ4v) is 1.82. The number of nitriles is 1. The van der Waals surface area contributed by atoms with Gasteiger partial charge in [0.15, 0.2) is 0 Å². The van der Waals surface area contributed by atoms with Gasteiger partial charge in [-0.05, 0) is 47.3 Å². The van der Waals surface area contributed by atoms with Gasteiger partial charge < -0.3 is 5.32 Å². The van der Waals surface area contributed by atoms with Gasteiger partial charge >= 0.3 is 0 Å². The Morgan fingerprint density at radius 1 is 1.42 bits per heavy atom. The zero-order valence-electron chi connectivity index (χ0n) is 12.1. The highest BCUT2D eigenvalue weighted by Gasteiger charge is 2.29. The molecule has 0 aliphatic rings. The number of halogens is 2. The second-order valence-electron chi connectivity index (χ2n) is 3.91. The molecular weight excluding hydrogens is 370 g/mol. The Morgan fingerprint density at radius 2 is 1.95 bits per heavy atom. The second-order valence-corrected chi connectivity index (χ2v) is 5.40. The Kier molecular flexibility index (Phi) is 13.8. The van der Waals surface area contributed by atoms with Crippen molar-refractivity contribution in [2.45, 2.75) is 34.1 Å². The fraction of sp³-hybridized carbons (Fsp3) is 0.571. The highest BCUT2D eigenvalue weighted by molar-refractivity contribution is 9.12. The van der Waals surface area contributed by atoms with Crippen molar-refractivity contribution >= 4 is 37.6 Å². The molecule has 0 heterocycles. The molecule has 0 aliphatic heterocycles. The molecule has 0 amide bonds. The average Bonchev–Trinajstić information content (AvgIpc) is 2.40. The first-order chi connectivity index (χ1) is 8.93. The quantitative estimate of drug-likeness (QED) is 0.662. The number of hydrogen-bond acceptors (Lipinski definition) is 3. The van der Waals surface area contributed by atoms with Gasteiger partial charge in [-0.15, -0.1) is 0 Å². The first-order valence-corrected chi connectivity index (χ1v) is 7.94. The van der Waals surface area contributed by atoms with Gasteiger partial charge in [-0.3, -0.25) is 4.99 Å². The minimum Gasteiger partial charge on any atom is -0.317 e. The van der Waals surface area contributed by atoms with Gasteiger partial charge in [0.25, 0.3) is 0 Å². The van der Waals surface area contributed by atoms with E-state index in [1.165, 1.54) is 0 Å². The third-order valence-corrected chi connectivity index (χ3v) is 3.11. The Morgan fingerprint density at radius 3 is 2.16 bits per heavy atom. The lowest BCUT2D eigenvalue weighted by atomic mass is 9.84. The van der Waals surface area contributed by atoms with Gasteiger partial charge in [0.2, 0.25) is 0 Å². The lowest BCUT2D eigenvalue weighted by Gasteiger charge is -2.20. The number of aliphatic imine (C=N–C) groups is 1. The van der Waals surface area contributed by atoms with Gasteiger partial charge in [-0.1, -0.05) is 43.3 Å². The van der Waals surface area contributed by atoms with Crippen LogP contribution in [0.3, 0.4) is 0 Å². The molecule has 1 unspecified atom stereocenters. The zero-order valence-corrected chi connectivity index (χ0v) is 15.3. The van der Waals surface area contributed by atoms with Crippen LogP contribution in [0.5, 0.6) is 0 Å². The molecule has 0 saturated heterocycles. The maximum absolute atomic E-state index is 9.08. The molecule has 19 heavy (non-hydrogen) atoms. The molecule has 0 aliphatic carbocycles. The summed E-state index contributed by atoms with van der Waals surface area (Å²) in [6.45, 7) is 13.9. The number of allylic oxidation sites excluding steroid dienone is 1. The molecular formula is C14H23Br2N3. The summed E-state index contributed by atoms with van der Waals surface area (Å²) in [4.78, 5) is 5.81. The van der Waals surface area contributed by atoms with Gasteiger partial charge in [0.05, 0.1) is 17.2 Å². The van der Waals surface area contributed by atoms with Gasteiger partial charge in [-0.25, -0.2) is 0 Å². The summed E-state index contributed by atoms with van der Waals surface area (Å²) in [6, 6.07) is 2.25. The van der Waals surface area contributed by atoms with E-state index in [9.17, 15) is 0 Å². The summed E-state index contributed by atoms with van der Waals surface area (Å²) in [6.07, 6.45) is 2.29. The van der Waals surface area contributed by atoms with E-state index in [1.54, 1.807) is 11.2 Å². The van der Waals surface area contributed by atoms with Crippen LogP contribution in [-0.4, -0.2) is 18.8 Å². The monoisotopic (exact) mass is 391 g/mol. The van der Waals surface area contributed by atoms with Crippen molar-refractivity contribution in [2.24, 2.45) is 10.4 Å². The molecule has 3 nitrogen and oxygen atoms in total. The SMILES string of the molecule is C=C(Br)C(=N/C=C/Br)C(C)(C#N)CC.CCNCC. The van der Waals surface area contributed by atoms with Crippen molar-refractivity contribution in [1.29, 1.82) is 5.26 Å². The summed E-state index contributed by atoms with van der Waals surface area (Å²) in [7, 11) is 0. The van der Waals surface area contributed by atoms with Crippen molar-refractivity contribution in [3.63, 3.8) is 0 Å². The predicted molar refractivity (Wildman–Crippen MR) is 91.8 cm³/mol. The Labute approximate surface area is 134 Å². The maximum Gasteiger partial charge on any atom is 0.0973 e. The van der Waals surface area contributed by atoms with Crippen molar-refractivity contribution in [3.8, 4) is 6.07 Å². The number of nitrogens with zero attached hydrogens (tertiary/aromatic N) is 2. The topological polar surface area (TPSA) is 48.2 Å². The van der Waals surface area contributed by atoms with Gasteiger partial charge in [0.1, 0.15) is 0 Å². The van der Waals surface area contributed by atoms with Crippen LogP contribution in [0.25, 0.3) is 0 Å². The van der Waals surface area contributed by atoms with Crippen molar-refractivity contribution in [2.75, 3.05) is 13.1 Å². The Hall–Kier alpha value is -0.440. The Bertz CT molecular complexity index is 354. The van der Waals surface area contributed by atoms with Crippen molar-refractivity contribution in [1.82, 2.24) is 5.32 Å². The molecule has 0 saturated carbocycles. The van der Waals surface area contributed by atoms with Crippen molar-refractivity contribution < 1.29 is 0 Å². The molecule has 0 rings (SSSR count). The van der Waals surface area contributed by atoms with Crippen LogP contribution in [0.1, 0.15) is 34.1 Å². The van der Waals surface area contributed by atoms with Gasteiger partial charge in [0, 0.05) is 10.7 Å². The summed E-state index contributed by atoms with van der Waals surface area (Å²) in [5.41, 5.74) is 0.0748. The average molecular weight is 393 g/mol. The van der Waals surface area contributed by atoms with Crippen LogP contribution < -0.4 is 5.32 Å². The second kappa shape index (κ2) is 12.6. The van der Waals surface area contributed by atoms with Crippen LogP contribution in [0, 0.1) is 16.7 Å². The van der Waals surface area contributed by atoms with Gasteiger partial charge in [-0.2, -0.15) is 5.26 Å². The molecule has 0 radical (unpaired) electrons. The third-order valence-electron chi connectivity index (χ3n) is 2.49. The first-order valence-electron chi connectivity index (χ1n) is 6.23. The largest absolute Gasteiger partial charge is 0.317 e. The van der Waals surface area contributed by atoms with Crippen LogP contribution in [0.15, 0.2) is 27.2 Å². The molecule has 1 N–H and O–H groups in total. The highest BCUT2D eigenvalue weighted by atomic mass is 79.9. The molecule has 0 aromatic rings. The van der Waals surface area contributed by atoms with Crippen LogP contribution in [0.4, 0.5) is 0 Å². The minimum atomic E-state index is -0.590. The van der Waals surface area contributed by atoms with E-state index < -0.39 is 5.41 Å². The van der Waals surface area contributed by atoms with E-state index in [0.29, 0.717) is 16.6 Å². The summed E-state index contributed by atoms with van der Waals surface area (Å²) < 4.78 is 0.647. The fourth-order valence-electron chi connectivity index (χ4n) is 1.16. The predicted octanol–water partition coefficient (Wildman–Crippen LogP) is 4.76. The molecule has 108 valence electrons. The summed E-state index contributed by atoms with van der Waals surface area (Å²) >= 11 is 6.38. The first kappa shape index (κ1) is 20.9. The summed E-state index contributed by atoms with van der Waals surface area (Å²) in [5.74, 6) is 0. The molecule has 5 heteroatoms. The zero-order chi connectivity index (χ0) is 15.3. The molecule has 0 aromatic carbocycles. The van der Waals surface area contributed by atoms with E-state index in [4.69, 9.17) is 5.26 Å². The molecule has 0 aromatic heterocycles. The normalized spacial score (nSPS) is 14.3. The van der Waals surface area contributed by atoms with E-state index in [1.807, 2.05) is 13.8 Å². The molecule has 0 fully saturated rings.